The minimum absolute atomic E-state index is 0.0913. The normalized spacial score (nSPS) is 15.0. The van der Waals surface area contributed by atoms with Crippen molar-refractivity contribution in [1.29, 1.82) is 0 Å². The van der Waals surface area contributed by atoms with Gasteiger partial charge in [-0.2, -0.15) is 0 Å². The molecule has 0 atom stereocenters. The Labute approximate surface area is 123 Å². The number of thioether (sulfide) groups is 1. The van der Waals surface area contributed by atoms with Crippen molar-refractivity contribution in [1.82, 2.24) is 4.90 Å². The van der Waals surface area contributed by atoms with E-state index in [1.807, 2.05) is 0 Å². The Morgan fingerprint density at radius 1 is 1.24 bits per heavy atom. The predicted molar refractivity (Wildman–Crippen MR) is 75.8 cm³/mol. The number of hydrogen-bond acceptors (Lipinski definition) is 6. The van der Waals surface area contributed by atoms with E-state index in [-0.39, 0.29) is 23.7 Å². The summed E-state index contributed by atoms with van der Waals surface area (Å²) in [6.07, 6.45) is 0. The van der Waals surface area contributed by atoms with Gasteiger partial charge < -0.3 is 5.32 Å². The Morgan fingerprint density at radius 3 is 2.33 bits per heavy atom. The summed E-state index contributed by atoms with van der Waals surface area (Å²) in [5, 5.41) is 13.0. The first kappa shape index (κ1) is 15.0. The Morgan fingerprint density at radius 2 is 1.81 bits per heavy atom. The lowest BCUT2D eigenvalue weighted by molar-refractivity contribution is -0.384. The van der Waals surface area contributed by atoms with Gasteiger partial charge in [0, 0.05) is 17.8 Å². The molecule has 0 aromatic heterocycles. The Kier molecular flexibility index (Phi) is 4.53. The van der Waals surface area contributed by atoms with Crippen molar-refractivity contribution in [3.05, 3.63) is 34.4 Å². The minimum Gasteiger partial charge on any atom is -0.325 e. The van der Waals surface area contributed by atoms with Gasteiger partial charge in [0.15, 0.2) is 0 Å². The number of nitro groups is 1. The van der Waals surface area contributed by atoms with Gasteiger partial charge in [-0.15, -0.1) is 11.8 Å². The Hall–Kier alpha value is -2.42. The number of rotatable bonds is 4. The summed E-state index contributed by atoms with van der Waals surface area (Å²) in [6.45, 7) is -0.352. The molecule has 0 unspecified atom stereocenters. The maximum absolute atomic E-state index is 11.8. The van der Waals surface area contributed by atoms with Crippen molar-refractivity contribution in [2.75, 3.05) is 23.4 Å². The molecule has 1 saturated heterocycles. The fourth-order valence-electron chi connectivity index (χ4n) is 1.71. The summed E-state index contributed by atoms with van der Waals surface area (Å²) < 4.78 is 0. The molecule has 1 aromatic carbocycles. The SMILES string of the molecule is O=C(CN1C(=O)CSCC1=O)Nc1ccc([N+](=O)[O-])cc1. The number of imide groups is 1. The summed E-state index contributed by atoms with van der Waals surface area (Å²) in [5.74, 6) is -0.963. The lowest BCUT2D eigenvalue weighted by Crippen LogP contribution is -2.46. The number of hydrogen-bond donors (Lipinski definition) is 1. The number of benzene rings is 1. The number of carbonyl (C=O) groups is 3. The third kappa shape index (κ3) is 3.78. The molecule has 0 spiro atoms. The maximum Gasteiger partial charge on any atom is 0.269 e. The summed E-state index contributed by atoms with van der Waals surface area (Å²) >= 11 is 1.21. The third-order valence-corrected chi connectivity index (χ3v) is 3.62. The van der Waals surface area contributed by atoms with E-state index in [4.69, 9.17) is 0 Å². The van der Waals surface area contributed by atoms with Crippen LogP contribution in [0.1, 0.15) is 0 Å². The van der Waals surface area contributed by atoms with E-state index >= 15 is 0 Å². The highest BCUT2D eigenvalue weighted by Crippen LogP contribution is 2.16. The number of nitrogens with one attached hydrogen (secondary N) is 1. The molecule has 0 aliphatic carbocycles. The average Bonchev–Trinajstić information content (AvgIpc) is 2.43. The second-order valence-electron chi connectivity index (χ2n) is 4.22. The van der Waals surface area contributed by atoms with Crippen LogP contribution in [0.5, 0.6) is 0 Å². The number of nitrogens with zero attached hydrogens (tertiary/aromatic N) is 2. The Balaban J connectivity index is 1.96. The van der Waals surface area contributed by atoms with E-state index < -0.39 is 22.6 Å². The smallest absolute Gasteiger partial charge is 0.269 e. The number of amides is 3. The zero-order chi connectivity index (χ0) is 15.4. The van der Waals surface area contributed by atoms with Crippen LogP contribution in [0, 0.1) is 10.1 Å². The molecule has 1 aromatic rings. The summed E-state index contributed by atoms with van der Waals surface area (Å²) in [5.41, 5.74) is 0.267. The number of anilines is 1. The van der Waals surface area contributed by atoms with Crippen LogP contribution in [0.2, 0.25) is 0 Å². The number of nitro benzene ring substituents is 1. The van der Waals surface area contributed by atoms with Crippen LogP contribution in [0.3, 0.4) is 0 Å². The predicted octanol–water partition coefficient (Wildman–Crippen LogP) is 0.635. The van der Waals surface area contributed by atoms with E-state index in [9.17, 15) is 24.5 Å². The largest absolute Gasteiger partial charge is 0.325 e. The van der Waals surface area contributed by atoms with Crippen molar-refractivity contribution in [3.8, 4) is 0 Å². The van der Waals surface area contributed by atoms with Crippen molar-refractivity contribution in [3.63, 3.8) is 0 Å². The van der Waals surface area contributed by atoms with Crippen LogP contribution in [0.4, 0.5) is 11.4 Å². The first-order chi connectivity index (χ1) is 9.97. The van der Waals surface area contributed by atoms with Crippen LogP contribution in [-0.4, -0.2) is 45.6 Å². The summed E-state index contributed by atoms with van der Waals surface area (Å²) in [6, 6.07) is 5.27. The molecule has 1 fully saturated rings. The molecular formula is C12H11N3O5S. The molecule has 21 heavy (non-hydrogen) atoms. The van der Waals surface area contributed by atoms with Crippen LogP contribution in [0.25, 0.3) is 0 Å². The lowest BCUT2D eigenvalue weighted by atomic mass is 10.3. The van der Waals surface area contributed by atoms with Gasteiger partial charge in [0.2, 0.25) is 17.7 Å². The average molecular weight is 309 g/mol. The summed E-state index contributed by atoms with van der Waals surface area (Å²) in [7, 11) is 0. The van der Waals surface area contributed by atoms with Gasteiger partial charge in [-0.1, -0.05) is 0 Å². The van der Waals surface area contributed by atoms with Gasteiger partial charge in [-0.3, -0.25) is 29.4 Å². The molecule has 0 radical (unpaired) electrons. The van der Waals surface area contributed by atoms with Gasteiger partial charge in [0.1, 0.15) is 6.54 Å². The van der Waals surface area contributed by atoms with Crippen LogP contribution in [-0.2, 0) is 14.4 Å². The Bertz CT molecular complexity index is 585. The van der Waals surface area contributed by atoms with Gasteiger partial charge >= 0.3 is 0 Å². The minimum atomic E-state index is -0.547. The second kappa shape index (κ2) is 6.35. The molecule has 1 heterocycles. The van der Waals surface area contributed by atoms with E-state index in [2.05, 4.69) is 5.32 Å². The first-order valence-corrected chi connectivity index (χ1v) is 7.08. The van der Waals surface area contributed by atoms with Crippen LogP contribution < -0.4 is 5.32 Å². The van der Waals surface area contributed by atoms with Crippen LogP contribution in [0.15, 0.2) is 24.3 Å². The summed E-state index contributed by atoms with van der Waals surface area (Å²) in [4.78, 5) is 45.7. The lowest BCUT2D eigenvalue weighted by Gasteiger charge is -2.23. The van der Waals surface area contributed by atoms with E-state index in [0.29, 0.717) is 5.69 Å². The molecule has 0 saturated carbocycles. The first-order valence-electron chi connectivity index (χ1n) is 5.92. The molecule has 3 amide bonds. The fourth-order valence-corrected chi connectivity index (χ4v) is 2.47. The van der Waals surface area contributed by atoms with Gasteiger partial charge in [-0.05, 0) is 12.1 Å². The maximum atomic E-state index is 11.8. The molecule has 1 aliphatic rings. The molecule has 1 aliphatic heterocycles. The van der Waals surface area contributed by atoms with E-state index in [1.165, 1.54) is 36.0 Å². The number of non-ortho nitro benzene ring substituents is 1. The van der Waals surface area contributed by atoms with Crippen LogP contribution >= 0.6 is 11.8 Å². The van der Waals surface area contributed by atoms with Gasteiger partial charge in [0.05, 0.1) is 16.4 Å². The molecule has 110 valence electrons. The van der Waals surface area contributed by atoms with Crippen molar-refractivity contribution in [2.24, 2.45) is 0 Å². The van der Waals surface area contributed by atoms with Gasteiger partial charge in [0.25, 0.3) is 5.69 Å². The zero-order valence-corrected chi connectivity index (χ0v) is 11.6. The highest BCUT2D eigenvalue weighted by molar-refractivity contribution is 8.00. The quantitative estimate of drug-likeness (QED) is 0.496. The zero-order valence-electron chi connectivity index (χ0n) is 10.8. The molecule has 1 N–H and O–H groups in total. The fraction of sp³-hybridized carbons (Fsp3) is 0.250. The van der Waals surface area contributed by atoms with Gasteiger partial charge in [-0.25, -0.2) is 0 Å². The highest BCUT2D eigenvalue weighted by Gasteiger charge is 2.28. The molecule has 8 nitrogen and oxygen atoms in total. The van der Waals surface area contributed by atoms with Crippen molar-refractivity contribution >= 4 is 40.9 Å². The third-order valence-electron chi connectivity index (χ3n) is 2.72. The topological polar surface area (TPSA) is 110 Å². The standard InChI is InChI=1S/C12H11N3O5S/c16-10(5-14-11(17)6-21-7-12(14)18)13-8-1-3-9(4-2-8)15(19)20/h1-4H,5-7H2,(H,13,16). The van der Waals surface area contributed by atoms with Crippen molar-refractivity contribution < 1.29 is 19.3 Å². The monoisotopic (exact) mass is 309 g/mol. The van der Waals surface area contributed by atoms with E-state index in [1.54, 1.807) is 0 Å². The van der Waals surface area contributed by atoms with E-state index in [0.717, 1.165) is 4.90 Å². The molecule has 9 heteroatoms. The molecule has 2 rings (SSSR count). The second-order valence-corrected chi connectivity index (χ2v) is 5.20. The molecular weight excluding hydrogens is 298 g/mol. The number of carbonyl (C=O) groups excluding carboxylic acids is 3. The molecule has 0 bridgehead atoms. The van der Waals surface area contributed by atoms with Crippen molar-refractivity contribution in [2.45, 2.75) is 0 Å². The highest BCUT2D eigenvalue weighted by atomic mass is 32.2.